The first-order valence-electron chi connectivity index (χ1n) is 10.5. The number of hydrogen-bond acceptors (Lipinski definition) is 4. The fraction of sp³-hybridized carbons (Fsp3) is 0.250. The zero-order chi connectivity index (χ0) is 23.4. The third-order valence-electron chi connectivity index (χ3n) is 5.44. The normalized spacial score (nSPS) is 13.9. The average molecular weight is 456 g/mol. The van der Waals surface area contributed by atoms with Crippen LogP contribution in [0.25, 0.3) is 0 Å². The predicted octanol–water partition coefficient (Wildman–Crippen LogP) is 4.46. The van der Waals surface area contributed by atoms with Crippen molar-refractivity contribution >= 4 is 17.3 Å². The van der Waals surface area contributed by atoms with Crippen LogP contribution < -0.4 is 16.2 Å². The van der Waals surface area contributed by atoms with Crippen LogP contribution in [0.3, 0.4) is 0 Å². The average Bonchev–Trinajstić information content (AvgIpc) is 2.75. The second kappa shape index (κ2) is 9.50. The van der Waals surface area contributed by atoms with Gasteiger partial charge in [-0.15, -0.1) is 0 Å². The van der Waals surface area contributed by atoms with E-state index in [1.54, 1.807) is 42.6 Å². The first kappa shape index (κ1) is 22.6. The van der Waals surface area contributed by atoms with Gasteiger partial charge in [0.25, 0.3) is 5.91 Å². The summed E-state index contributed by atoms with van der Waals surface area (Å²) in [5, 5.41) is 5.76. The minimum Gasteiger partial charge on any atom is -0.380 e. The van der Waals surface area contributed by atoms with Gasteiger partial charge >= 0.3 is 6.18 Å². The van der Waals surface area contributed by atoms with Crippen molar-refractivity contribution in [3.63, 3.8) is 0 Å². The van der Waals surface area contributed by atoms with Gasteiger partial charge in [0.1, 0.15) is 0 Å². The summed E-state index contributed by atoms with van der Waals surface area (Å²) < 4.78 is 40.3. The van der Waals surface area contributed by atoms with E-state index in [9.17, 15) is 22.8 Å². The molecule has 3 aromatic rings. The largest absolute Gasteiger partial charge is 0.416 e. The number of carbonyl (C=O) groups excluding carboxylic acids is 1. The molecule has 1 aromatic heterocycles. The monoisotopic (exact) mass is 456 g/mol. The molecule has 0 saturated carbocycles. The molecule has 0 atom stereocenters. The minimum absolute atomic E-state index is 0.0980. The number of likely N-dealkylation sites (tertiary alicyclic amines) is 1. The quantitative estimate of drug-likeness (QED) is 0.491. The van der Waals surface area contributed by atoms with Crippen LogP contribution in [0.1, 0.15) is 33.5 Å². The molecule has 1 saturated heterocycles. The van der Waals surface area contributed by atoms with Gasteiger partial charge in [0.2, 0.25) is 5.56 Å². The highest BCUT2D eigenvalue weighted by Crippen LogP contribution is 2.33. The Labute approximate surface area is 188 Å². The number of hydrogen-bond donors (Lipinski definition) is 3. The maximum Gasteiger partial charge on any atom is 0.416 e. The van der Waals surface area contributed by atoms with Crippen molar-refractivity contribution in [1.29, 1.82) is 0 Å². The van der Waals surface area contributed by atoms with Gasteiger partial charge in [-0.1, -0.05) is 18.2 Å². The molecule has 0 spiro atoms. The molecule has 0 bridgehead atoms. The molecule has 172 valence electrons. The molecule has 1 aliphatic heterocycles. The van der Waals surface area contributed by atoms with Gasteiger partial charge in [0.05, 0.1) is 11.1 Å². The fourth-order valence-corrected chi connectivity index (χ4v) is 3.60. The minimum atomic E-state index is -4.51. The van der Waals surface area contributed by atoms with Gasteiger partial charge in [-0.2, -0.15) is 13.2 Å². The Kier molecular flexibility index (Phi) is 6.50. The lowest BCUT2D eigenvalue weighted by molar-refractivity contribution is -0.137. The Hall–Kier alpha value is -3.59. The van der Waals surface area contributed by atoms with Gasteiger partial charge in [-0.05, 0) is 61.0 Å². The van der Waals surface area contributed by atoms with Gasteiger partial charge in [0, 0.05) is 36.7 Å². The summed E-state index contributed by atoms with van der Waals surface area (Å²) in [6.45, 7) is 2.47. The van der Waals surface area contributed by atoms with Crippen molar-refractivity contribution in [3.8, 4) is 0 Å². The fourth-order valence-electron chi connectivity index (χ4n) is 3.60. The number of nitrogens with one attached hydrogen (secondary N) is 3. The molecule has 1 amide bonds. The summed E-state index contributed by atoms with van der Waals surface area (Å²) >= 11 is 0. The molecule has 0 aliphatic carbocycles. The highest BCUT2D eigenvalue weighted by molar-refractivity contribution is 6.08. The Bertz CT molecular complexity index is 1180. The van der Waals surface area contributed by atoms with Gasteiger partial charge in [-0.25, -0.2) is 0 Å². The summed E-state index contributed by atoms with van der Waals surface area (Å²) in [5.74, 6) is -0.520. The number of benzene rings is 2. The molecule has 33 heavy (non-hydrogen) atoms. The zero-order valence-corrected chi connectivity index (χ0v) is 17.7. The number of H-pyrrole nitrogens is 1. The molecule has 2 heterocycles. The van der Waals surface area contributed by atoms with E-state index in [2.05, 4.69) is 20.5 Å². The van der Waals surface area contributed by atoms with E-state index in [0.717, 1.165) is 37.2 Å². The highest BCUT2D eigenvalue weighted by Gasteiger charge is 2.31. The number of pyridine rings is 1. The van der Waals surface area contributed by atoms with E-state index >= 15 is 0 Å². The number of anilines is 2. The van der Waals surface area contributed by atoms with Crippen LogP contribution in [0.4, 0.5) is 24.5 Å². The van der Waals surface area contributed by atoms with Gasteiger partial charge in [0.15, 0.2) is 0 Å². The second-order valence-electron chi connectivity index (χ2n) is 7.96. The van der Waals surface area contributed by atoms with Crippen LogP contribution in [-0.4, -0.2) is 28.9 Å². The van der Waals surface area contributed by atoms with Crippen LogP contribution in [0, 0.1) is 0 Å². The van der Waals surface area contributed by atoms with Crippen LogP contribution in [0.2, 0.25) is 0 Å². The first-order chi connectivity index (χ1) is 15.8. The lowest BCUT2D eigenvalue weighted by Gasteiger charge is -2.31. The summed E-state index contributed by atoms with van der Waals surface area (Å²) in [4.78, 5) is 28.8. The molecular formula is C24H23F3N4O2. The van der Waals surface area contributed by atoms with Crippen molar-refractivity contribution in [1.82, 2.24) is 9.88 Å². The van der Waals surface area contributed by atoms with Crippen molar-refractivity contribution in [2.75, 3.05) is 23.7 Å². The Morgan fingerprint density at radius 1 is 1.03 bits per heavy atom. The Balaban J connectivity index is 1.53. The number of halogens is 3. The number of carbonyl (C=O) groups is 1. The Morgan fingerprint density at radius 2 is 1.82 bits per heavy atom. The van der Waals surface area contributed by atoms with E-state index in [1.807, 2.05) is 0 Å². The Morgan fingerprint density at radius 3 is 2.48 bits per heavy atom. The third kappa shape index (κ3) is 5.81. The SMILES string of the molecule is O=C(Nc1cc(CN2CCC2)cc(C(F)(F)F)c1)c1ccccc1NCc1ccc(=O)[nH]c1. The molecule has 6 nitrogen and oxygen atoms in total. The molecule has 4 rings (SSSR count). The van der Waals surface area contributed by atoms with E-state index in [-0.39, 0.29) is 11.2 Å². The topological polar surface area (TPSA) is 77.2 Å². The molecule has 2 aromatic carbocycles. The number of amides is 1. The van der Waals surface area contributed by atoms with Crippen LogP contribution in [0.15, 0.2) is 65.6 Å². The summed E-state index contributed by atoms with van der Waals surface area (Å²) in [7, 11) is 0. The van der Waals surface area contributed by atoms with Crippen molar-refractivity contribution in [2.45, 2.75) is 25.7 Å². The molecule has 1 fully saturated rings. The molecule has 9 heteroatoms. The van der Waals surface area contributed by atoms with Gasteiger partial charge < -0.3 is 15.6 Å². The van der Waals surface area contributed by atoms with Crippen molar-refractivity contribution < 1.29 is 18.0 Å². The van der Waals surface area contributed by atoms with Crippen molar-refractivity contribution in [3.05, 3.63) is 93.4 Å². The maximum absolute atomic E-state index is 13.4. The van der Waals surface area contributed by atoms with Crippen LogP contribution >= 0.6 is 0 Å². The lowest BCUT2D eigenvalue weighted by atomic mass is 10.1. The lowest BCUT2D eigenvalue weighted by Crippen LogP contribution is -2.36. The van der Waals surface area contributed by atoms with Crippen molar-refractivity contribution in [2.24, 2.45) is 0 Å². The summed E-state index contributed by atoms with van der Waals surface area (Å²) in [6, 6.07) is 13.5. The number of para-hydroxylation sites is 1. The third-order valence-corrected chi connectivity index (χ3v) is 5.44. The van der Waals surface area contributed by atoms with E-state index in [4.69, 9.17) is 0 Å². The number of alkyl halides is 3. The number of nitrogens with zero attached hydrogens (tertiary/aromatic N) is 1. The van der Waals surface area contributed by atoms with E-state index in [0.29, 0.717) is 29.9 Å². The van der Waals surface area contributed by atoms with Gasteiger partial charge in [-0.3, -0.25) is 14.5 Å². The number of aromatic amines is 1. The summed E-state index contributed by atoms with van der Waals surface area (Å²) in [5.41, 5.74) is 1.22. The van der Waals surface area contributed by atoms with E-state index in [1.165, 1.54) is 6.07 Å². The second-order valence-corrected chi connectivity index (χ2v) is 7.96. The standard InChI is InChI=1S/C24H23F3N4O2/c25-24(26,27)18-10-17(15-31-8-3-9-31)11-19(12-18)30-23(33)20-4-1-2-5-21(20)28-13-16-6-7-22(32)29-14-16/h1-2,4-7,10-12,14,28H,3,8-9,13,15H2,(H,29,32)(H,30,33). The molecule has 0 unspecified atom stereocenters. The maximum atomic E-state index is 13.4. The zero-order valence-electron chi connectivity index (χ0n) is 17.7. The summed E-state index contributed by atoms with van der Waals surface area (Å²) in [6.07, 6.45) is -1.91. The number of rotatable bonds is 7. The molecule has 0 radical (unpaired) electrons. The molecule has 3 N–H and O–H groups in total. The smallest absolute Gasteiger partial charge is 0.380 e. The predicted molar refractivity (Wildman–Crippen MR) is 120 cm³/mol. The van der Waals surface area contributed by atoms with Crippen LogP contribution in [0.5, 0.6) is 0 Å². The van der Waals surface area contributed by atoms with Crippen LogP contribution in [-0.2, 0) is 19.3 Å². The highest BCUT2D eigenvalue weighted by atomic mass is 19.4. The van der Waals surface area contributed by atoms with E-state index < -0.39 is 17.6 Å². The molecule has 1 aliphatic rings. The first-order valence-corrected chi connectivity index (χ1v) is 10.5. The molecular weight excluding hydrogens is 433 g/mol. The number of aromatic nitrogens is 1.